The van der Waals surface area contributed by atoms with Crippen LogP contribution in [0, 0.1) is 10.1 Å². The van der Waals surface area contributed by atoms with E-state index < -0.39 is 10.9 Å². The number of aromatic nitrogens is 2. The highest BCUT2D eigenvalue weighted by molar-refractivity contribution is 5.97. The standard InChI is InChI=1S/C19H15N3O6/c23-16(13-4-2-1-3-5-13)10-11-18(24)27-12-17-20-21-19(28-17)14-6-8-15(9-7-14)22(25)26/h1-9H,10-12H2. The van der Waals surface area contributed by atoms with Crippen LogP contribution < -0.4 is 0 Å². The second-order valence-electron chi connectivity index (χ2n) is 5.75. The lowest BCUT2D eigenvalue weighted by molar-refractivity contribution is -0.384. The zero-order valence-electron chi connectivity index (χ0n) is 14.6. The van der Waals surface area contributed by atoms with Crippen LogP contribution in [0.1, 0.15) is 29.1 Å². The molecule has 9 heteroatoms. The first-order chi connectivity index (χ1) is 13.5. The second-order valence-corrected chi connectivity index (χ2v) is 5.75. The summed E-state index contributed by atoms with van der Waals surface area (Å²) in [6, 6.07) is 14.3. The Bertz CT molecular complexity index is 982. The minimum Gasteiger partial charge on any atom is -0.456 e. The van der Waals surface area contributed by atoms with E-state index >= 15 is 0 Å². The van der Waals surface area contributed by atoms with E-state index in [1.807, 2.05) is 0 Å². The fourth-order valence-corrected chi connectivity index (χ4v) is 2.35. The number of nitro groups is 1. The molecule has 142 valence electrons. The Labute approximate surface area is 159 Å². The van der Waals surface area contributed by atoms with Gasteiger partial charge in [0.05, 0.1) is 11.3 Å². The summed E-state index contributed by atoms with van der Waals surface area (Å²) in [6.07, 6.45) is -0.0161. The molecule has 3 aromatic rings. The largest absolute Gasteiger partial charge is 0.456 e. The molecule has 0 fully saturated rings. The number of ketones is 1. The Hall–Kier alpha value is -3.88. The van der Waals surface area contributed by atoms with E-state index in [1.54, 1.807) is 30.3 Å². The van der Waals surface area contributed by atoms with E-state index in [-0.39, 0.29) is 42.7 Å². The molecular weight excluding hydrogens is 366 g/mol. The van der Waals surface area contributed by atoms with Crippen molar-refractivity contribution in [2.75, 3.05) is 0 Å². The average molecular weight is 381 g/mol. The first-order valence-electron chi connectivity index (χ1n) is 8.34. The van der Waals surface area contributed by atoms with Crippen LogP contribution in [-0.4, -0.2) is 26.9 Å². The molecule has 0 amide bonds. The lowest BCUT2D eigenvalue weighted by atomic mass is 10.1. The number of nitrogens with zero attached hydrogens (tertiary/aromatic N) is 3. The summed E-state index contributed by atoms with van der Waals surface area (Å²) in [7, 11) is 0. The third kappa shape index (κ3) is 4.85. The Kier molecular flexibility index (Phi) is 5.85. The number of carbonyl (C=O) groups is 2. The van der Waals surface area contributed by atoms with Gasteiger partial charge in [-0.15, -0.1) is 10.2 Å². The second kappa shape index (κ2) is 8.67. The lowest BCUT2D eigenvalue weighted by Crippen LogP contribution is -2.08. The number of benzene rings is 2. The van der Waals surface area contributed by atoms with Gasteiger partial charge < -0.3 is 9.15 Å². The van der Waals surface area contributed by atoms with Crippen LogP contribution in [0.3, 0.4) is 0 Å². The molecule has 1 aromatic heterocycles. The van der Waals surface area contributed by atoms with E-state index in [0.717, 1.165) is 0 Å². The zero-order chi connectivity index (χ0) is 19.9. The van der Waals surface area contributed by atoms with E-state index in [1.165, 1.54) is 24.3 Å². The quantitative estimate of drug-likeness (QED) is 0.252. The zero-order valence-corrected chi connectivity index (χ0v) is 14.6. The van der Waals surface area contributed by atoms with Crippen LogP contribution in [0.15, 0.2) is 59.0 Å². The maximum atomic E-state index is 12.0. The smallest absolute Gasteiger partial charge is 0.306 e. The average Bonchev–Trinajstić information content (AvgIpc) is 3.20. The number of hydrogen-bond acceptors (Lipinski definition) is 8. The number of esters is 1. The first-order valence-corrected chi connectivity index (χ1v) is 8.34. The molecule has 0 aliphatic rings. The van der Waals surface area contributed by atoms with Gasteiger partial charge in [-0.3, -0.25) is 19.7 Å². The summed E-state index contributed by atoms with van der Waals surface area (Å²) in [4.78, 5) is 33.9. The van der Waals surface area contributed by atoms with Crippen molar-refractivity contribution in [3.05, 3.63) is 76.2 Å². The van der Waals surface area contributed by atoms with Crippen molar-refractivity contribution in [1.29, 1.82) is 0 Å². The monoisotopic (exact) mass is 381 g/mol. The minimum atomic E-state index is -0.556. The molecule has 0 aliphatic carbocycles. The molecule has 28 heavy (non-hydrogen) atoms. The maximum absolute atomic E-state index is 12.0. The van der Waals surface area contributed by atoms with E-state index in [0.29, 0.717) is 11.1 Å². The number of nitro benzene ring substituents is 1. The van der Waals surface area contributed by atoms with E-state index in [9.17, 15) is 19.7 Å². The molecule has 0 aliphatic heterocycles. The van der Waals surface area contributed by atoms with Crippen molar-refractivity contribution in [3.8, 4) is 11.5 Å². The van der Waals surface area contributed by atoms with Crippen molar-refractivity contribution in [2.45, 2.75) is 19.4 Å². The topological polar surface area (TPSA) is 125 Å². The summed E-state index contributed by atoms with van der Waals surface area (Å²) in [5.74, 6) is -0.466. The Morgan fingerprint density at radius 1 is 1.00 bits per heavy atom. The highest BCUT2D eigenvalue weighted by atomic mass is 16.6. The van der Waals surface area contributed by atoms with Gasteiger partial charge in [0, 0.05) is 29.7 Å². The number of non-ortho nitro benzene ring substituents is 1. The fraction of sp³-hybridized carbons (Fsp3) is 0.158. The summed E-state index contributed by atoms with van der Waals surface area (Å²) >= 11 is 0. The molecular formula is C19H15N3O6. The van der Waals surface area contributed by atoms with Gasteiger partial charge in [0.1, 0.15) is 0 Å². The van der Waals surface area contributed by atoms with Crippen molar-refractivity contribution >= 4 is 17.4 Å². The molecule has 3 rings (SSSR count). The molecule has 0 N–H and O–H groups in total. The molecule has 0 unspecified atom stereocenters. The van der Waals surface area contributed by atoms with Gasteiger partial charge in [-0.25, -0.2) is 0 Å². The van der Waals surface area contributed by atoms with Crippen LogP contribution in [0.25, 0.3) is 11.5 Å². The highest BCUT2D eigenvalue weighted by Gasteiger charge is 2.14. The van der Waals surface area contributed by atoms with Crippen LogP contribution in [0.4, 0.5) is 5.69 Å². The van der Waals surface area contributed by atoms with Crippen molar-refractivity contribution < 1.29 is 23.7 Å². The minimum absolute atomic E-state index is 0.0424. The Morgan fingerprint density at radius 2 is 1.71 bits per heavy atom. The first kappa shape index (κ1) is 18.9. The van der Waals surface area contributed by atoms with Gasteiger partial charge >= 0.3 is 5.97 Å². The number of Topliss-reactive ketones (excluding diaryl/α,β-unsaturated/α-hetero) is 1. The fourth-order valence-electron chi connectivity index (χ4n) is 2.35. The number of hydrogen-bond donors (Lipinski definition) is 0. The van der Waals surface area contributed by atoms with Crippen LogP contribution in [0.2, 0.25) is 0 Å². The lowest BCUT2D eigenvalue weighted by Gasteiger charge is -2.02. The van der Waals surface area contributed by atoms with Gasteiger partial charge in [-0.2, -0.15) is 0 Å². The predicted octanol–water partition coefficient (Wildman–Crippen LogP) is 3.35. The SMILES string of the molecule is O=C(CCC(=O)c1ccccc1)OCc1nnc(-c2ccc([N+](=O)[O-])cc2)o1. The van der Waals surface area contributed by atoms with Crippen LogP contribution >= 0.6 is 0 Å². The molecule has 0 radical (unpaired) electrons. The molecule has 0 atom stereocenters. The van der Waals surface area contributed by atoms with Gasteiger partial charge in [-0.05, 0) is 12.1 Å². The molecule has 0 saturated carbocycles. The van der Waals surface area contributed by atoms with Gasteiger partial charge in [0.2, 0.25) is 5.89 Å². The summed E-state index contributed by atoms with van der Waals surface area (Å²) < 4.78 is 10.4. The molecule has 1 heterocycles. The van der Waals surface area contributed by atoms with Gasteiger partial charge in [0.15, 0.2) is 12.4 Å². The van der Waals surface area contributed by atoms with Crippen molar-refractivity contribution in [1.82, 2.24) is 10.2 Å². The molecule has 9 nitrogen and oxygen atoms in total. The number of carbonyl (C=O) groups excluding carboxylic acids is 2. The maximum Gasteiger partial charge on any atom is 0.306 e. The summed E-state index contributed by atoms with van der Waals surface area (Å²) in [6.45, 7) is -0.224. The normalized spacial score (nSPS) is 10.4. The summed E-state index contributed by atoms with van der Waals surface area (Å²) in [5.41, 5.74) is 0.992. The summed E-state index contributed by atoms with van der Waals surface area (Å²) in [5, 5.41) is 18.3. The van der Waals surface area contributed by atoms with Crippen LogP contribution in [0.5, 0.6) is 0 Å². The van der Waals surface area contributed by atoms with Crippen molar-refractivity contribution in [3.63, 3.8) is 0 Å². The molecule has 0 spiro atoms. The Morgan fingerprint density at radius 3 is 2.39 bits per heavy atom. The van der Waals surface area contributed by atoms with Gasteiger partial charge in [-0.1, -0.05) is 30.3 Å². The van der Waals surface area contributed by atoms with E-state index in [4.69, 9.17) is 9.15 Å². The van der Waals surface area contributed by atoms with Crippen molar-refractivity contribution in [2.24, 2.45) is 0 Å². The molecule has 0 bridgehead atoms. The molecule has 2 aromatic carbocycles. The number of ether oxygens (including phenoxy) is 1. The van der Waals surface area contributed by atoms with Gasteiger partial charge in [0.25, 0.3) is 11.6 Å². The highest BCUT2D eigenvalue weighted by Crippen LogP contribution is 2.21. The third-order valence-electron chi connectivity index (χ3n) is 3.80. The predicted molar refractivity (Wildman–Crippen MR) is 96.2 cm³/mol. The number of rotatable bonds is 8. The van der Waals surface area contributed by atoms with E-state index in [2.05, 4.69) is 10.2 Å². The van der Waals surface area contributed by atoms with Crippen LogP contribution in [-0.2, 0) is 16.1 Å². The third-order valence-corrected chi connectivity index (χ3v) is 3.80. The Balaban J connectivity index is 1.49. The molecule has 0 saturated heterocycles.